The smallest absolute Gasteiger partial charge is 0.320 e. The summed E-state index contributed by atoms with van der Waals surface area (Å²) in [7, 11) is 0. The monoisotopic (exact) mass is 334 g/mol. The normalized spacial score (nSPS) is 16.7. The number of piperazine rings is 1. The molecule has 2 amide bonds. The van der Waals surface area contributed by atoms with E-state index >= 15 is 0 Å². The van der Waals surface area contributed by atoms with Crippen LogP contribution in [-0.2, 0) is 0 Å². The average molecular weight is 335 g/mol. The van der Waals surface area contributed by atoms with Crippen LogP contribution in [0.1, 0.15) is 25.5 Å². The third-order valence-corrected chi connectivity index (χ3v) is 4.54. The molecule has 1 aliphatic heterocycles. The Balaban J connectivity index is 1.99. The molecule has 1 unspecified atom stereocenters. The van der Waals surface area contributed by atoms with Crippen LogP contribution in [0.15, 0.2) is 24.3 Å². The molecular formula is C17H23ClN4O. The molecule has 2 rings (SSSR count). The number of carbonyl (C=O) groups excluding carboxylic acids is 1. The zero-order valence-electron chi connectivity index (χ0n) is 13.7. The van der Waals surface area contributed by atoms with E-state index < -0.39 is 0 Å². The summed E-state index contributed by atoms with van der Waals surface area (Å²) in [6.07, 6.45) is 0. The Morgan fingerprint density at radius 2 is 1.78 bits per heavy atom. The predicted octanol–water partition coefficient (Wildman–Crippen LogP) is 2.98. The van der Waals surface area contributed by atoms with E-state index in [2.05, 4.69) is 11.0 Å². The van der Waals surface area contributed by atoms with Gasteiger partial charge in [0.05, 0.1) is 6.07 Å². The molecular weight excluding hydrogens is 312 g/mol. The van der Waals surface area contributed by atoms with Crippen LogP contribution in [0.25, 0.3) is 0 Å². The molecule has 1 saturated heterocycles. The highest BCUT2D eigenvalue weighted by molar-refractivity contribution is 6.30. The van der Waals surface area contributed by atoms with Crippen LogP contribution in [0.2, 0.25) is 5.02 Å². The molecule has 1 atom stereocenters. The van der Waals surface area contributed by atoms with Gasteiger partial charge in [0.25, 0.3) is 0 Å². The third-order valence-electron chi connectivity index (χ3n) is 4.29. The summed E-state index contributed by atoms with van der Waals surface area (Å²) in [4.78, 5) is 18.2. The fourth-order valence-electron chi connectivity index (χ4n) is 2.88. The first-order valence-electron chi connectivity index (χ1n) is 8.03. The second-order valence-corrected chi connectivity index (χ2v) is 6.00. The maximum atomic E-state index is 12.4. The Morgan fingerprint density at radius 3 is 2.26 bits per heavy atom. The van der Waals surface area contributed by atoms with Gasteiger partial charge in [-0.1, -0.05) is 23.7 Å². The molecule has 124 valence electrons. The van der Waals surface area contributed by atoms with E-state index in [0.29, 0.717) is 31.2 Å². The third kappa shape index (κ3) is 4.15. The van der Waals surface area contributed by atoms with E-state index in [1.54, 1.807) is 12.1 Å². The Kier molecular flexibility index (Phi) is 6.26. The van der Waals surface area contributed by atoms with Crippen molar-refractivity contribution in [3.8, 4) is 6.07 Å². The molecule has 0 radical (unpaired) electrons. The predicted molar refractivity (Wildman–Crippen MR) is 91.3 cm³/mol. The summed E-state index contributed by atoms with van der Waals surface area (Å²) >= 11 is 5.91. The van der Waals surface area contributed by atoms with Crippen LogP contribution < -0.4 is 0 Å². The number of halogens is 1. The summed E-state index contributed by atoms with van der Waals surface area (Å²) in [5, 5.41) is 10.2. The van der Waals surface area contributed by atoms with Gasteiger partial charge in [0.1, 0.15) is 6.04 Å². The summed E-state index contributed by atoms with van der Waals surface area (Å²) in [6, 6.07) is 9.56. The highest BCUT2D eigenvalue weighted by atomic mass is 35.5. The lowest BCUT2D eigenvalue weighted by Crippen LogP contribution is -2.53. The van der Waals surface area contributed by atoms with E-state index in [1.165, 1.54) is 0 Å². The molecule has 5 nitrogen and oxygen atoms in total. The first-order valence-corrected chi connectivity index (χ1v) is 8.41. The van der Waals surface area contributed by atoms with Crippen LogP contribution in [0.4, 0.5) is 4.79 Å². The second-order valence-electron chi connectivity index (χ2n) is 5.56. The van der Waals surface area contributed by atoms with Gasteiger partial charge in [-0.05, 0) is 31.5 Å². The first-order chi connectivity index (χ1) is 11.1. The van der Waals surface area contributed by atoms with Gasteiger partial charge in [0.2, 0.25) is 0 Å². The van der Waals surface area contributed by atoms with Crippen LogP contribution in [0, 0.1) is 11.3 Å². The minimum atomic E-state index is -0.294. The Hall–Kier alpha value is -1.77. The van der Waals surface area contributed by atoms with Gasteiger partial charge >= 0.3 is 6.03 Å². The molecule has 23 heavy (non-hydrogen) atoms. The van der Waals surface area contributed by atoms with Crippen molar-refractivity contribution >= 4 is 17.6 Å². The number of urea groups is 1. The number of nitrogens with zero attached hydrogens (tertiary/aromatic N) is 4. The topological polar surface area (TPSA) is 50.6 Å². The SMILES string of the molecule is CCN(CC)C(=O)N1CCN(C(C#N)c2ccc(Cl)cc2)CC1. The lowest BCUT2D eigenvalue weighted by atomic mass is 10.1. The minimum absolute atomic E-state index is 0.0923. The maximum absolute atomic E-state index is 12.4. The zero-order valence-corrected chi connectivity index (χ0v) is 14.5. The van der Waals surface area contributed by atoms with Crippen molar-refractivity contribution in [3.63, 3.8) is 0 Å². The van der Waals surface area contributed by atoms with E-state index in [0.717, 1.165) is 18.7 Å². The quantitative estimate of drug-likeness (QED) is 0.850. The van der Waals surface area contributed by atoms with E-state index in [4.69, 9.17) is 11.6 Å². The summed E-state index contributed by atoms with van der Waals surface area (Å²) < 4.78 is 0. The first kappa shape index (κ1) is 17.6. The molecule has 0 saturated carbocycles. The number of amides is 2. The highest BCUT2D eigenvalue weighted by Gasteiger charge is 2.28. The van der Waals surface area contributed by atoms with Crippen LogP contribution in [0.5, 0.6) is 0 Å². The van der Waals surface area contributed by atoms with Crippen molar-refractivity contribution < 1.29 is 4.79 Å². The van der Waals surface area contributed by atoms with Crippen molar-refractivity contribution in [2.45, 2.75) is 19.9 Å². The van der Waals surface area contributed by atoms with Crippen LogP contribution in [-0.4, -0.2) is 60.0 Å². The number of rotatable bonds is 4. The van der Waals surface area contributed by atoms with Gasteiger partial charge in [-0.2, -0.15) is 5.26 Å². The molecule has 0 aromatic heterocycles. The number of hydrogen-bond donors (Lipinski definition) is 0. The van der Waals surface area contributed by atoms with Crippen molar-refractivity contribution in [2.24, 2.45) is 0 Å². The van der Waals surface area contributed by atoms with Crippen LogP contribution in [0.3, 0.4) is 0 Å². The van der Waals surface area contributed by atoms with Crippen molar-refractivity contribution in [2.75, 3.05) is 39.3 Å². The fourth-order valence-corrected chi connectivity index (χ4v) is 3.00. The highest BCUT2D eigenvalue weighted by Crippen LogP contribution is 2.23. The zero-order chi connectivity index (χ0) is 16.8. The van der Waals surface area contributed by atoms with Gasteiger partial charge in [-0.25, -0.2) is 4.79 Å². The molecule has 1 fully saturated rings. The van der Waals surface area contributed by atoms with E-state index in [1.807, 2.05) is 35.8 Å². The molecule has 0 N–H and O–H groups in total. The number of hydrogen-bond acceptors (Lipinski definition) is 3. The minimum Gasteiger partial charge on any atom is -0.325 e. The summed E-state index contributed by atoms with van der Waals surface area (Å²) in [5.74, 6) is 0. The molecule has 0 aliphatic carbocycles. The molecule has 1 aliphatic rings. The standard InChI is InChI=1S/C17H23ClN4O/c1-3-20(4-2)17(23)22-11-9-21(10-12-22)16(13-19)14-5-7-15(18)8-6-14/h5-8,16H,3-4,9-12H2,1-2H3. The largest absolute Gasteiger partial charge is 0.325 e. The van der Waals surface area contributed by atoms with Crippen molar-refractivity contribution in [3.05, 3.63) is 34.9 Å². The molecule has 0 bridgehead atoms. The molecule has 1 heterocycles. The lowest BCUT2D eigenvalue weighted by Gasteiger charge is -2.38. The van der Waals surface area contributed by atoms with E-state index in [-0.39, 0.29) is 12.1 Å². The summed E-state index contributed by atoms with van der Waals surface area (Å²) in [5.41, 5.74) is 0.945. The van der Waals surface area contributed by atoms with Gasteiger partial charge in [0, 0.05) is 44.3 Å². The number of carbonyl (C=O) groups is 1. The number of nitriles is 1. The van der Waals surface area contributed by atoms with Crippen LogP contribution >= 0.6 is 11.6 Å². The van der Waals surface area contributed by atoms with Gasteiger partial charge in [-0.3, -0.25) is 4.90 Å². The molecule has 0 spiro atoms. The van der Waals surface area contributed by atoms with Gasteiger partial charge in [0.15, 0.2) is 0 Å². The van der Waals surface area contributed by atoms with Gasteiger partial charge in [-0.15, -0.1) is 0 Å². The lowest BCUT2D eigenvalue weighted by molar-refractivity contribution is 0.104. The Morgan fingerprint density at radius 1 is 1.22 bits per heavy atom. The molecule has 6 heteroatoms. The summed E-state index contributed by atoms with van der Waals surface area (Å²) in [6.45, 7) is 8.14. The maximum Gasteiger partial charge on any atom is 0.320 e. The van der Waals surface area contributed by atoms with Crippen molar-refractivity contribution in [1.29, 1.82) is 5.26 Å². The average Bonchev–Trinajstić information content (AvgIpc) is 2.59. The Labute approximate surface area is 143 Å². The van der Waals surface area contributed by atoms with Crippen molar-refractivity contribution in [1.82, 2.24) is 14.7 Å². The Bertz CT molecular complexity index is 557. The molecule has 1 aromatic rings. The second kappa shape index (κ2) is 8.19. The number of benzene rings is 1. The van der Waals surface area contributed by atoms with Gasteiger partial charge < -0.3 is 9.80 Å². The molecule has 1 aromatic carbocycles. The van der Waals surface area contributed by atoms with E-state index in [9.17, 15) is 10.1 Å². The fraction of sp³-hybridized carbons (Fsp3) is 0.529.